The minimum Gasteiger partial charge on any atom is -0.399 e. The van der Waals surface area contributed by atoms with Crippen molar-refractivity contribution in [3.8, 4) is 11.3 Å². The molecule has 0 saturated heterocycles. The van der Waals surface area contributed by atoms with Crippen molar-refractivity contribution >= 4 is 17.4 Å². The molecule has 0 aliphatic heterocycles. The average Bonchev–Trinajstić information content (AvgIpc) is 3.46. The molecule has 2 N–H and O–H groups in total. The second-order valence-corrected chi connectivity index (χ2v) is 10.0. The predicted molar refractivity (Wildman–Crippen MR) is 144 cm³/mol. The number of anilines is 2. The van der Waals surface area contributed by atoms with Gasteiger partial charge in [-0.3, -0.25) is 9.69 Å². The van der Waals surface area contributed by atoms with Crippen molar-refractivity contribution in [1.82, 2.24) is 9.97 Å². The summed E-state index contributed by atoms with van der Waals surface area (Å²) < 4.78 is 56.1. The van der Waals surface area contributed by atoms with Crippen LogP contribution < -0.4 is 10.6 Å². The zero-order valence-electron chi connectivity index (χ0n) is 22.8. The van der Waals surface area contributed by atoms with Gasteiger partial charge < -0.3 is 5.73 Å². The molecule has 1 aromatic heterocycles. The molecule has 1 heterocycles. The molecule has 0 unspecified atom stereocenters. The number of hydrogen-bond acceptors (Lipinski definition) is 4. The Kier molecular flexibility index (Phi) is 8.57. The van der Waals surface area contributed by atoms with Crippen LogP contribution in [0.1, 0.15) is 67.6 Å². The minimum atomic E-state index is -1.93. The van der Waals surface area contributed by atoms with Crippen LogP contribution in [0, 0.1) is 36.1 Å². The van der Waals surface area contributed by atoms with E-state index in [1.807, 2.05) is 32.0 Å². The highest BCUT2D eigenvalue weighted by atomic mass is 19.2. The summed E-state index contributed by atoms with van der Waals surface area (Å²) in [4.78, 5) is 24.4. The van der Waals surface area contributed by atoms with Crippen molar-refractivity contribution in [3.05, 3.63) is 69.5 Å². The van der Waals surface area contributed by atoms with Crippen molar-refractivity contribution in [1.29, 1.82) is 0 Å². The molecule has 0 bridgehead atoms. The molecular formula is C30H34F4N4O. The van der Waals surface area contributed by atoms with Gasteiger partial charge in [0.15, 0.2) is 29.1 Å². The van der Waals surface area contributed by atoms with Crippen molar-refractivity contribution in [2.75, 3.05) is 17.7 Å². The van der Waals surface area contributed by atoms with Crippen LogP contribution in [0.2, 0.25) is 0 Å². The van der Waals surface area contributed by atoms with Crippen LogP contribution in [0.5, 0.6) is 0 Å². The molecule has 0 spiro atoms. The van der Waals surface area contributed by atoms with Gasteiger partial charge in [0.1, 0.15) is 0 Å². The summed E-state index contributed by atoms with van der Waals surface area (Å²) in [7, 11) is 1.50. The van der Waals surface area contributed by atoms with Gasteiger partial charge in [0.25, 0.3) is 0 Å². The molecule has 2 aliphatic carbocycles. The Morgan fingerprint density at radius 2 is 1.67 bits per heavy atom. The molecule has 9 heteroatoms. The molecule has 5 rings (SSSR count). The topological polar surface area (TPSA) is 72.1 Å². The minimum absolute atomic E-state index is 0.357. The van der Waals surface area contributed by atoms with E-state index >= 15 is 0 Å². The van der Waals surface area contributed by atoms with E-state index in [4.69, 9.17) is 15.7 Å². The van der Waals surface area contributed by atoms with Gasteiger partial charge in [-0.05, 0) is 55.4 Å². The number of carbonyl (C=O) groups excluding carboxylic acids is 1. The number of likely N-dealkylation sites (N-methyl/N-ethyl adjacent to an activating group) is 1. The van der Waals surface area contributed by atoms with Crippen molar-refractivity contribution in [2.24, 2.45) is 5.92 Å². The monoisotopic (exact) mass is 542 g/mol. The molecule has 3 aromatic rings. The summed E-state index contributed by atoms with van der Waals surface area (Å²) in [5.74, 6) is -6.74. The van der Waals surface area contributed by atoms with Gasteiger partial charge in [-0.2, -0.15) is 0 Å². The van der Waals surface area contributed by atoms with Gasteiger partial charge in [0.2, 0.25) is 5.91 Å². The number of rotatable bonds is 5. The lowest BCUT2D eigenvalue weighted by Gasteiger charge is -2.25. The molecule has 5 nitrogen and oxygen atoms in total. The molecule has 1 amide bonds. The first kappa shape index (κ1) is 28.5. The van der Waals surface area contributed by atoms with Crippen molar-refractivity contribution < 1.29 is 22.4 Å². The molecule has 0 radical (unpaired) electrons. The maximum atomic E-state index is 14.5. The van der Waals surface area contributed by atoms with E-state index in [-0.39, 0.29) is 0 Å². The number of benzene rings is 2. The van der Waals surface area contributed by atoms with Crippen LogP contribution >= 0.6 is 0 Å². The van der Waals surface area contributed by atoms with E-state index in [9.17, 15) is 22.4 Å². The van der Waals surface area contributed by atoms with E-state index in [0.29, 0.717) is 36.0 Å². The first-order valence-electron chi connectivity index (χ1n) is 13.5. The standard InChI is InChI=1S/C28H28F4N4O.C2H6/c1-14-19(24(30)26(32)25(31)23(14)29)13-22(37)36(2)28-21(11-15-5-3-4-6-15)34-27-18-9-8-17(33)12-16(18)7-10-20(27)35-28;1-2/h8-9,12,15H,3-7,10-11,13,33H2,1-2H3;1-2H3. The van der Waals surface area contributed by atoms with Crippen LogP contribution in [0.15, 0.2) is 18.2 Å². The third-order valence-electron chi connectivity index (χ3n) is 7.64. The fourth-order valence-electron chi connectivity index (χ4n) is 5.47. The van der Waals surface area contributed by atoms with Crippen molar-refractivity contribution in [2.45, 2.75) is 72.1 Å². The van der Waals surface area contributed by atoms with E-state index in [0.717, 1.165) is 61.5 Å². The maximum absolute atomic E-state index is 14.5. The molecule has 1 saturated carbocycles. The van der Waals surface area contributed by atoms with Crippen molar-refractivity contribution in [3.63, 3.8) is 0 Å². The van der Waals surface area contributed by atoms with Crippen LogP contribution in [0.25, 0.3) is 11.3 Å². The highest BCUT2D eigenvalue weighted by Gasteiger charge is 2.29. The molecular weight excluding hydrogens is 508 g/mol. The molecule has 208 valence electrons. The number of aromatic nitrogens is 2. The zero-order valence-corrected chi connectivity index (χ0v) is 22.8. The number of hydrogen-bond donors (Lipinski definition) is 1. The Balaban J connectivity index is 0.00000172. The Labute approximate surface area is 226 Å². The average molecular weight is 543 g/mol. The number of halogens is 4. The number of fused-ring (bicyclic) bond motifs is 3. The first-order valence-corrected chi connectivity index (χ1v) is 13.5. The Morgan fingerprint density at radius 3 is 2.36 bits per heavy atom. The van der Waals surface area contributed by atoms with Gasteiger partial charge >= 0.3 is 0 Å². The van der Waals surface area contributed by atoms with Gasteiger partial charge in [-0.1, -0.05) is 45.6 Å². The maximum Gasteiger partial charge on any atom is 0.232 e. The lowest BCUT2D eigenvalue weighted by Crippen LogP contribution is -2.32. The predicted octanol–water partition coefficient (Wildman–Crippen LogP) is 6.65. The molecule has 0 atom stereocenters. The molecule has 2 aromatic carbocycles. The Hall–Kier alpha value is -3.49. The van der Waals surface area contributed by atoms with E-state index in [1.54, 1.807) is 0 Å². The van der Waals surface area contributed by atoms with Crippen LogP contribution in [0.3, 0.4) is 0 Å². The fourth-order valence-corrected chi connectivity index (χ4v) is 5.47. The third kappa shape index (κ3) is 5.49. The largest absolute Gasteiger partial charge is 0.399 e. The quantitative estimate of drug-likeness (QED) is 0.170. The normalized spacial score (nSPS) is 14.4. The highest BCUT2D eigenvalue weighted by Crippen LogP contribution is 2.37. The number of nitrogen functional groups attached to an aromatic ring is 1. The summed E-state index contributed by atoms with van der Waals surface area (Å²) in [6.07, 6.45) is 5.70. The summed E-state index contributed by atoms with van der Waals surface area (Å²) in [5, 5.41) is 0. The smallest absolute Gasteiger partial charge is 0.232 e. The van der Waals surface area contributed by atoms with Gasteiger partial charge in [-0.25, -0.2) is 27.5 Å². The molecule has 1 fully saturated rings. The number of amides is 1. The summed E-state index contributed by atoms with van der Waals surface area (Å²) in [5.41, 5.74) is 9.93. The number of nitrogens with two attached hydrogens (primary N) is 1. The second-order valence-electron chi connectivity index (χ2n) is 10.0. The van der Waals surface area contributed by atoms with Crippen LogP contribution in [0.4, 0.5) is 29.1 Å². The van der Waals surface area contributed by atoms with E-state index in [2.05, 4.69) is 0 Å². The SMILES string of the molecule is CC.Cc1c(F)c(F)c(F)c(F)c1CC(=O)N(C)c1nc2c(nc1CC1CCCC1)-c1ccc(N)cc1CC2. The second kappa shape index (κ2) is 11.7. The number of carbonyl (C=O) groups is 1. The first-order chi connectivity index (χ1) is 18.7. The number of nitrogens with zero attached hydrogens (tertiary/aromatic N) is 3. The fraction of sp³-hybridized carbons (Fsp3) is 0.433. The van der Waals surface area contributed by atoms with Crippen LogP contribution in [-0.2, 0) is 30.5 Å². The summed E-state index contributed by atoms with van der Waals surface area (Å²) >= 11 is 0. The van der Waals surface area contributed by atoms with Gasteiger partial charge in [0, 0.05) is 23.9 Å². The Bertz CT molecular complexity index is 1370. The van der Waals surface area contributed by atoms with Crippen LogP contribution in [-0.4, -0.2) is 22.9 Å². The van der Waals surface area contributed by atoms with E-state index in [1.165, 1.54) is 11.9 Å². The number of aryl methyl sites for hydroxylation is 2. The summed E-state index contributed by atoms with van der Waals surface area (Å²) in [6, 6.07) is 5.71. The van der Waals surface area contributed by atoms with Gasteiger partial charge in [-0.15, -0.1) is 0 Å². The molecule has 39 heavy (non-hydrogen) atoms. The van der Waals surface area contributed by atoms with E-state index < -0.39 is 46.7 Å². The van der Waals surface area contributed by atoms with Gasteiger partial charge in [0.05, 0.1) is 23.5 Å². The lowest BCUT2D eigenvalue weighted by atomic mass is 9.91. The Morgan fingerprint density at radius 1 is 1.00 bits per heavy atom. The molecule has 2 aliphatic rings. The highest BCUT2D eigenvalue weighted by molar-refractivity contribution is 5.94. The summed E-state index contributed by atoms with van der Waals surface area (Å²) in [6.45, 7) is 5.12. The zero-order chi connectivity index (χ0) is 28.4. The third-order valence-corrected chi connectivity index (χ3v) is 7.64. The lowest BCUT2D eigenvalue weighted by molar-refractivity contribution is -0.117.